The molecule has 3 rings (SSSR count). The molecule has 0 aliphatic carbocycles. The molecule has 0 amide bonds. The zero-order chi connectivity index (χ0) is 19.7. The number of carbonyl (C=O) groups excluding carboxylic acids is 1. The Hall–Kier alpha value is -1.49. The Balaban J connectivity index is 1.70. The lowest BCUT2D eigenvalue weighted by atomic mass is 9.90. The number of rotatable bonds is 5. The SMILES string of the molecule is CCOC(=O)c1ccc(S(=O)(=O)N[C@@H]2CCO[C@@]3(CCS(=O)(=O)C3)C2)cc1. The zero-order valence-electron chi connectivity index (χ0n) is 15.0. The van der Waals surface area contributed by atoms with E-state index in [1.807, 2.05) is 0 Å². The van der Waals surface area contributed by atoms with Gasteiger partial charge in [0.2, 0.25) is 10.0 Å². The first-order chi connectivity index (χ1) is 12.6. The fourth-order valence-corrected chi connectivity index (χ4v) is 6.81. The second-order valence-corrected chi connectivity index (χ2v) is 10.8. The fourth-order valence-electron chi connectivity index (χ4n) is 3.56. The van der Waals surface area contributed by atoms with Gasteiger partial charge < -0.3 is 9.47 Å². The summed E-state index contributed by atoms with van der Waals surface area (Å²) in [6.07, 6.45) is 1.19. The molecule has 8 nitrogen and oxygen atoms in total. The smallest absolute Gasteiger partial charge is 0.338 e. The number of nitrogens with one attached hydrogen (secondary N) is 1. The maximum absolute atomic E-state index is 12.7. The maximum atomic E-state index is 12.7. The summed E-state index contributed by atoms with van der Waals surface area (Å²) >= 11 is 0. The van der Waals surface area contributed by atoms with E-state index in [0.717, 1.165) is 0 Å². The second-order valence-electron chi connectivity index (χ2n) is 6.93. The summed E-state index contributed by atoms with van der Waals surface area (Å²) in [7, 11) is -6.93. The van der Waals surface area contributed by atoms with E-state index in [1.165, 1.54) is 24.3 Å². The van der Waals surface area contributed by atoms with Gasteiger partial charge in [0.25, 0.3) is 0 Å². The number of carbonyl (C=O) groups is 1. The summed E-state index contributed by atoms with van der Waals surface area (Å²) in [5.74, 6) is -0.503. The summed E-state index contributed by atoms with van der Waals surface area (Å²) in [6.45, 7) is 2.24. The van der Waals surface area contributed by atoms with Crippen LogP contribution in [0.25, 0.3) is 0 Å². The molecular formula is C17H23NO7S2. The molecular weight excluding hydrogens is 394 g/mol. The lowest BCUT2D eigenvalue weighted by Crippen LogP contribution is -2.49. The maximum Gasteiger partial charge on any atom is 0.338 e. The molecule has 0 unspecified atom stereocenters. The summed E-state index contributed by atoms with van der Waals surface area (Å²) in [5, 5.41) is 0. The minimum Gasteiger partial charge on any atom is -0.462 e. The molecule has 2 fully saturated rings. The van der Waals surface area contributed by atoms with Crippen LogP contribution < -0.4 is 4.72 Å². The molecule has 27 heavy (non-hydrogen) atoms. The Morgan fingerprint density at radius 3 is 2.63 bits per heavy atom. The Bertz CT molecular complexity index is 909. The van der Waals surface area contributed by atoms with Crippen molar-refractivity contribution in [3.05, 3.63) is 29.8 Å². The van der Waals surface area contributed by atoms with Crippen LogP contribution in [0.4, 0.5) is 0 Å². The minimum absolute atomic E-state index is 0.0372. The standard InChI is InChI=1S/C17H23NO7S2/c1-2-24-16(19)13-3-5-15(6-4-13)27(22,23)18-14-7-9-25-17(11-14)8-10-26(20,21)12-17/h3-6,14,18H,2,7-12H2,1H3/t14-,17+/m1/s1. The lowest BCUT2D eigenvalue weighted by molar-refractivity contribution is -0.0675. The first-order valence-corrected chi connectivity index (χ1v) is 12.1. The van der Waals surface area contributed by atoms with Gasteiger partial charge in [-0.3, -0.25) is 0 Å². The van der Waals surface area contributed by atoms with E-state index in [1.54, 1.807) is 6.92 Å². The molecule has 1 aromatic carbocycles. The Kier molecular flexibility index (Phi) is 5.62. The molecule has 1 aromatic rings. The Morgan fingerprint density at radius 1 is 1.33 bits per heavy atom. The highest BCUT2D eigenvalue weighted by atomic mass is 32.2. The third-order valence-corrected chi connectivity index (χ3v) is 8.17. The van der Waals surface area contributed by atoms with E-state index < -0.39 is 37.5 Å². The summed E-state index contributed by atoms with van der Waals surface area (Å²) in [6, 6.07) is 5.11. The highest BCUT2D eigenvalue weighted by Gasteiger charge is 2.47. The second kappa shape index (κ2) is 7.50. The zero-order valence-corrected chi connectivity index (χ0v) is 16.6. The third kappa shape index (κ3) is 4.68. The quantitative estimate of drug-likeness (QED) is 0.707. The number of esters is 1. The van der Waals surface area contributed by atoms with E-state index in [9.17, 15) is 21.6 Å². The van der Waals surface area contributed by atoms with Crippen molar-refractivity contribution in [1.82, 2.24) is 4.72 Å². The van der Waals surface area contributed by atoms with Crippen LogP contribution in [0.15, 0.2) is 29.2 Å². The van der Waals surface area contributed by atoms with E-state index in [2.05, 4.69) is 4.72 Å². The van der Waals surface area contributed by atoms with Crippen molar-refractivity contribution in [2.75, 3.05) is 24.7 Å². The highest BCUT2D eigenvalue weighted by molar-refractivity contribution is 7.91. The van der Waals surface area contributed by atoms with E-state index in [-0.39, 0.29) is 28.6 Å². The molecule has 2 aliphatic rings. The van der Waals surface area contributed by atoms with Gasteiger partial charge >= 0.3 is 5.97 Å². The van der Waals surface area contributed by atoms with Crippen molar-refractivity contribution in [2.24, 2.45) is 0 Å². The van der Waals surface area contributed by atoms with Crippen LogP contribution in [0.5, 0.6) is 0 Å². The van der Waals surface area contributed by atoms with Crippen molar-refractivity contribution in [1.29, 1.82) is 0 Å². The van der Waals surface area contributed by atoms with Crippen LogP contribution in [0.2, 0.25) is 0 Å². The fraction of sp³-hybridized carbons (Fsp3) is 0.588. The van der Waals surface area contributed by atoms with Crippen LogP contribution >= 0.6 is 0 Å². The lowest BCUT2D eigenvalue weighted by Gasteiger charge is -2.37. The summed E-state index contributed by atoms with van der Waals surface area (Å²) < 4.78 is 62.1. The number of sulfone groups is 1. The van der Waals surface area contributed by atoms with Gasteiger partial charge in [-0.15, -0.1) is 0 Å². The van der Waals surface area contributed by atoms with Crippen molar-refractivity contribution in [3.8, 4) is 0 Å². The molecule has 2 heterocycles. The monoisotopic (exact) mass is 417 g/mol. The van der Waals surface area contributed by atoms with Crippen LogP contribution in [0, 0.1) is 0 Å². The predicted molar refractivity (Wildman–Crippen MR) is 97.7 cm³/mol. The van der Waals surface area contributed by atoms with Gasteiger partial charge in [0.05, 0.1) is 34.2 Å². The third-order valence-electron chi connectivity index (χ3n) is 4.84. The Labute approximate surface area is 159 Å². The van der Waals surface area contributed by atoms with Crippen molar-refractivity contribution < 1.29 is 31.1 Å². The first-order valence-electron chi connectivity index (χ1n) is 8.79. The summed E-state index contributed by atoms with van der Waals surface area (Å²) in [5.41, 5.74) is -0.519. The predicted octanol–water partition coefficient (Wildman–Crippen LogP) is 0.878. The van der Waals surface area contributed by atoms with Gasteiger partial charge in [0, 0.05) is 12.6 Å². The average molecular weight is 418 g/mol. The normalized spacial score (nSPS) is 27.5. The topological polar surface area (TPSA) is 116 Å². The largest absolute Gasteiger partial charge is 0.462 e. The number of ether oxygens (including phenoxy) is 2. The molecule has 0 bridgehead atoms. The van der Waals surface area contributed by atoms with E-state index >= 15 is 0 Å². The molecule has 1 spiro atoms. The average Bonchev–Trinajstić information content (AvgIpc) is 2.89. The number of sulfonamides is 1. The first kappa shape index (κ1) is 20.2. The van der Waals surface area contributed by atoms with Gasteiger partial charge in [-0.2, -0.15) is 0 Å². The summed E-state index contributed by atoms with van der Waals surface area (Å²) in [4.78, 5) is 11.7. The molecule has 2 saturated heterocycles. The van der Waals surface area contributed by atoms with Crippen molar-refractivity contribution >= 4 is 25.8 Å². The molecule has 2 aliphatic heterocycles. The van der Waals surface area contributed by atoms with Crippen molar-refractivity contribution in [3.63, 3.8) is 0 Å². The molecule has 0 radical (unpaired) electrons. The number of hydrogen-bond acceptors (Lipinski definition) is 7. The Morgan fingerprint density at radius 2 is 2.04 bits per heavy atom. The minimum atomic E-state index is -3.80. The van der Waals surface area contributed by atoms with Crippen LogP contribution in [0.3, 0.4) is 0 Å². The number of hydrogen-bond donors (Lipinski definition) is 1. The van der Waals surface area contributed by atoms with E-state index in [0.29, 0.717) is 25.9 Å². The van der Waals surface area contributed by atoms with Crippen LogP contribution in [-0.2, 0) is 29.3 Å². The highest BCUT2D eigenvalue weighted by Crippen LogP contribution is 2.36. The van der Waals surface area contributed by atoms with Gasteiger partial charge in [-0.25, -0.2) is 26.4 Å². The number of benzene rings is 1. The van der Waals surface area contributed by atoms with Gasteiger partial charge in [0.15, 0.2) is 9.84 Å². The van der Waals surface area contributed by atoms with Gasteiger partial charge in [0.1, 0.15) is 0 Å². The van der Waals surface area contributed by atoms with Gasteiger partial charge in [-0.1, -0.05) is 0 Å². The van der Waals surface area contributed by atoms with Crippen LogP contribution in [-0.4, -0.2) is 59.2 Å². The molecule has 10 heteroatoms. The van der Waals surface area contributed by atoms with E-state index in [4.69, 9.17) is 9.47 Å². The van der Waals surface area contributed by atoms with Crippen molar-refractivity contribution in [2.45, 2.75) is 42.7 Å². The molecule has 0 aromatic heterocycles. The van der Waals surface area contributed by atoms with Crippen LogP contribution in [0.1, 0.15) is 36.5 Å². The molecule has 2 atom stereocenters. The molecule has 150 valence electrons. The molecule has 0 saturated carbocycles. The molecule has 1 N–H and O–H groups in total. The van der Waals surface area contributed by atoms with Gasteiger partial charge in [-0.05, 0) is 50.5 Å².